The lowest BCUT2D eigenvalue weighted by Crippen LogP contribution is -1.93. The zero-order valence-corrected chi connectivity index (χ0v) is 8.87. The summed E-state index contributed by atoms with van der Waals surface area (Å²) in [5.74, 6) is 0. The second kappa shape index (κ2) is 4.12. The van der Waals surface area contributed by atoms with Crippen LogP contribution in [0.4, 0.5) is 5.69 Å². The van der Waals surface area contributed by atoms with E-state index in [-0.39, 0.29) is 0 Å². The minimum Gasteiger partial charge on any atom is -0.329 e. The Morgan fingerprint density at radius 1 is 1.33 bits per heavy atom. The molecule has 1 rings (SSSR count). The summed E-state index contributed by atoms with van der Waals surface area (Å²) in [6.45, 7) is 0. The van der Waals surface area contributed by atoms with Crippen molar-refractivity contribution in [1.82, 2.24) is 0 Å². The first-order valence-electron chi connectivity index (χ1n) is 3.00. The van der Waals surface area contributed by atoms with Crippen molar-refractivity contribution in [2.45, 2.75) is 0 Å². The van der Waals surface area contributed by atoms with Gasteiger partial charge >= 0.3 is 0 Å². The van der Waals surface area contributed by atoms with Gasteiger partial charge in [-0.15, -0.1) is 0 Å². The van der Waals surface area contributed by atoms with Crippen LogP contribution in [0.5, 0.6) is 0 Å². The molecule has 0 aliphatic carbocycles. The minimum absolute atomic E-state index is 0.465. The number of rotatable bonds is 2. The van der Waals surface area contributed by atoms with Crippen molar-refractivity contribution in [3.8, 4) is 0 Å². The number of amides is 1. The van der Waals surface area contributed by atoms with Crippen molar-refractivity contribution in [1.29, 1.82) is 0 Å². The minimum atomic E-state index is 0.465. The summed E-state index contributed by atoms with van der Waals surface area (Å²) in [4.78, 5) is 10.1. The molecule has 0 bridgehead atoms. The zero-order chi connectivity index (χ0) is 9.14. The van der Waals surface area contributed by atoms with Gasteiger partial charge in [0.15, 0.2) is 0 Å². The third-order valence-electron chi connectivity index (χ3n) is 1.21. The van der Waals surface area contributed by atoms with Crippen molar-refractivity contribution < 1.29 is 4.79 Å². The van der Waals surface area contributed by atoms with E-state index in [2.05, 4.69) is 21.2 Å². The number of anilines is 1. The number of halogens is 3. The Balaban J connectivity index is 3.11. The molecule has 5 heteroatoms. The van der Waals surface area contributed by atoms with Gasteiger partial charge in [-0.1, -0.05) is 23.2 Å². The normalized spacial score (nSPS) is 9.58. The van der Waals surface area contributed by atoms with Gasteiger partial charge in [0, 0.05) is 5.69 Å². The van der Waals surface area contributed by atoms with E-state index in [0.29, 0.717) is 26.6 Å². The first kappa shape index (κ1) is 9.84. The largest absolute Gasteiger partial charge is 0.329 e. The highest BCUT2D eigenvalue weighted by molar-refractivity contribution is 9.10. The molecule has 0 aliphatic heterocycles. The molecule has 1 aromatic carbocycles. The van der Waals surface area contributed by atoms with Crippen molar-refractivity contribution in [2.75, 3.05) is 5.32 Å². The number of benzene rings is 1. The molecule has 0 heterocycles. The smallest absolute Gasteiger partial charge is 0.211 e. The number of hydrogen-bond donors (Lipinski definition) is 1. The molecule has 0 atom stereocenters. The first-order chi connectivity index (χ1) is 5.65. The number of carbonyl (C=O) groups excluding carboxylic acids is 1. The molecule has 1 N–H and O–H groups in total. The van der Waals surface area contributed by atoms with Crippen molar-refractivity contribution in [3.63, 3.8) is 0 Å². The summed E-state index contributed by atoms with van der Waals surface area (Å²) in [6, 6.07) is 3.21. The number of nitrogens with one attached hydrogen (secondary N) is 1. The van der Waals surface area contributed by atoms with Gasteiger partial charge in [0.1, 0.15) is 0 Å². The zero-order valence-electron chi connectivity index (χ0n) is 5.77. The van der Waals surface area contributed by atoms with Crippen molar-refractivity contribution in [2.24, 2.45) is 0 Å². The van der Waals surface area contributed by atoms with Gasteiger partial charge in [0.05, 0.1) is 14.5 Å². The van der Waals surface area contributed by atoms with Crippen LogP contribution >= 0.6 is 39.1 Å². The van der Waals surface area contributed by atoms with Crippen LogP contribution in [0.2, 0.25) is 10.0 Å². The van der Waals surface area contributed by atoms with E-state index < -0.39 is 0 Å². The van der Waals surface area contributed by atoms with E-state index in [0.717, 1.165) is 0 Å². The number of hydrogen-bond acceptors (Lipinski definition) is 1. The molecule has 0 unspecified atom stereocenters. The van der Waals surface area contributed by atoms with Crippen LogP contribution in [0, 0.1) is 0 Å². The molecule has 0 radical (unpaired) electrons. The highest BCUT2D eigenvalue weighted by atomic mass is 79.9. The molecular weight excluding hydrogens is 265 g/mol. The highest BCUT2D eigenvalue weighted by Crippen LogP contribution is 2.33. The average Bonchev–Trinajstić information content (AvgIpc) is 2.01. The summed E-state index contributed by atoms with van der Waals surface area (Å²) in [5, 5.41) is 3.38. The topological polar surface area (TPSA) is 29.1 Å². The molecule has 0 fully saturated rings. The molecule has 12 heavy (non-hydrogen) atoms. The van der Waals surface area contributed by atoms with E-state index in [1.54, 1.807) is 12.1 Å². The Hall–Kier alpha value is -0.250. The van der Waals surface area contributed by atoms with Crippen molar-refractivity contribution in [3.05, 3.63) is 26.7 Å². The summed E-state index contributed by atoms with van der Waals surface area (Å²) in [5.41, 5.74) is 0.572. The van der Waals surface area contributed by atoms with Gasteiger partial charge in [-0.25, -0.2) is 0 Å². The molecule has 1 amide bonds. The molecule has 0 saturated carbocycles. The molecule has 1 aromatic rings. The van der Waals surface area contributed by atoms with Crippen LogP contribution in [0.3, 0.4) is 0 Å². The van der Waals surface area contributed by atoms with E-state index in [9.17, 15) is 4.79 Å². The maximum Gasteiger partial charge on any atom is 0.211 e. The van der Waals surface area contributed by atoms with Crippen LogP contribution < -0.4 is 5.32 Å². The number of carbonyl (C=O) groups is 1. The maximum absolute atomic E-state index is 10.1. The fourth-order valence-electron chi connectivity index (χ4n) is 0.707. The van der Waals surface area contributed by atoms with Gasteiger partial charge in [-0.3, -0.25) is 4.79 Å². The SMILES string of the molecule is O=CNc1cc(Cl)c(Br)c(Cl)c1. The molecule has 64 valence electrons. The summed E-state index contributed by atoms with van der Waals surface area (Å²) in [7, 11) is 0. The van der Waals surface area contributed by atoms with Crippen LogP contribution in [0.15, 0.2) is 16.6 Å². The van der Waals surface area contributed by atoms with Gasteiger partial charge in [0.25, 0.3) is 0 Å². The Morgan fingerprint density at radius 3 is 2.25 bits per heavy atom. The van der Waals surface area contributed by atoms with Crippen molar-refractivity contribution >= 4 is 51.2 Å². The van der Waals surface area contributed by atoms with E-state index >= 15 is 0 Å². The lowest BCUT2D eigenvalue weighted by atomic mass is 10.3. The molecule has 0 aromatic heterocycles. The molecule has 0 saturated heterocycles. The van der Waals surface area contributed by atoms with Gasteiger partial charge < -0.3 is 5.32 Å². The van der Waals surface area contributed by atoms with Crippen LogP contribution in [-0.2, 0) is 4.79 Å². The first-order valence-corrected chi connectivity index (χ1v) is 4.54. The predicted molar refractivity (Wildman–Crippen MR) is 53.8 cm³/mol. The van der Waals surface area contributed by atoms with Crippen LogP contribution in [0.25, 0.3) is 0 Å². The van der Waals surface area contributed by atoms with E-state index in [1.165, 1.54) is 0 Å². The van der Waals surface area contributed by atoms with Gasteiger partial charge in [-0.05, 0) is 28.1 Å². The van der Waals surface area contributed by atoms with E-state index in [4.69, 9.17) is 23.2 Å². The summed E-state index contributed by atoms with van der Waals surface area (Å²) in [6.07, 6.45) is 0.565. The second-order valence-corrected chi connectivity index (χ2v) is 3.62. The third kappa shape index (κ3) is 2.12. The summed E-state index contributed by atoms with van der Waals surface area (Å²) < 4.78 is 0.627. The van der Waals surface area contributed by atoms with Crippen LogP contribution in [0.1, 0.15) is 0 Å². The quantitative estimate of drug-likeness (QED) is 0.647. The Morgan fingerprint density at radius 2 is 1.83 bits per heavy atom. The monoisotopic (exact) mass is 267 g/mol. The summed E-state index contributed by atoms with van der Waals surface area (Å²) >= 11 is 14.7. The Labute approximate surface area is 88.0 Å². The lowest BCUT2D eigenvalue weighted by molar-refractivity contribution is -0.105. The lowest BCUT2D eigenvalue weighted by Gasteiger charge is -2.03. The highest BCUT2D eigenvalue weighted by Gasteiger charge is 2.04. The van der Waals surface area contributed by atoms with E-state index in [1.807, 2.05) is 0 Å². The van der Waals surface area contributed by atoms with Gasteiger partial charge in [0.2, 0.25) is 6.41 Å². The molecule has 0 aliphatic rings. The van der Waals surface area contributed by atoms with Crippen LogP contribution in [-0.4, -0.2) is 6.41 Å². The third-order valence-corrected chi connectivity index (χ3v) is 3.12. The van der Waals surface area contributed by atoms with Gasteiger partial charge in [-0.2, -0.15) is 0 Å². The Kier molecular flexibility index (Phi) is 3.38. The Bertz CT molecular complexity index is 293. The maximum atomic E-state index is 10.1. The predicted octanol–water partition coefficient (Wildman–Crippen LogP) is 3.32. The average molecular weight is 269 g/mol. The fourth-order valence-corrected chi connectivity index (χ4v) is 1.42. The molecule has 0 spiro atoms. The fraction of sp³-hybridized carbons (Fsp3) is 0. The second-order valence-electron chi connectivity index (χ2n) is 2.02. The standard InChI is InChI=1S/C7H4BrCl2NO/c8-7-5(9)1-4(11-3-12)2-6(7)10/h1-3H,(H,11,12). The molecule has 2 nitrogen and oxygen atoms in total. The molecular formula is C7H4BrCl2NO.